The Morgan fingerprint density at radius 1 is 1.13 bits per heavy atom. The number of carbonyl (C=O) groups excluding carboxylic acids is 1. The Morgan fingerprint density at radius 2 is 2.00 bits per heavy atom. The molecule has 1 aliphatic rings. The second-order valence-corrected chi connectivity index (χ2v) is 7.90. The van der Waals surface area contributed by atoms with Crippen LogP contribution in [0.3, 0.4) is 0 Å². The van der Waals surface area contributed by atoms with Crippen molar-refractivity contribution in [1.82, 2.24) is 16.0 Å². The van der Waals surface area contributed by atoms with Crippen LogP contribution in [0, 0.1) is 0 Å². The summed E-state index contributed by atoms with van der Waals surface area (Å²) in [6.45, 7) is 9.01. The van der Waals surface area contributed by atoms with Crippen molar-refractivity contribution in [2.45, 2.75) is 52.6 Å². The van der Waals surface area contributed by atoms with E-state index in [1.807, 2.05) is 31.2 Å². The maximum absolute atomic E-state index is 12.4. The Hall–Kier alpha value is -3.02. The lowest BCUT2D eigenvalue weighted by Crippen LogP contribution is -2.38. The van der Waals surface area contributed by atoms with E-state index in [-0.39, 0.29) is 11.9 Å². The predicted octanol–water partition coefficient (Wildman–Crippen LogP) is 3.45. The second kappa shape index (κ2) is 11.4. The first-order chi connectivity index (χ1) is 15.1. The molecule has 6 nitrogen and oxygen atoms in total. The smallest absolute Gasteiger partial charge is 0.251 e. The summed E-state index contributed by atoms with van der Waals surface area (Å²) >= 11 is 0. The van der Waals surface area contributed by atoms with Gasteiger partial charge < -0.3 is 20.7 Å². The molecule has 1 aliphatic heterocycles. The number of nitrogens with one attached hydrogen (secondary N) is 3. The molecule has 0 saturated heterocycles. The van der Waals surface area contributed by atoms with Crippen LogP contribution in [0.1, 0.15) is 54.2 Å². The minimum Gasteiger partial charge on any atom is -0.493 e. The number of hydrogen-bond donors (Lipinski definition) is 3. The number of fused-ring (bicyclic) bond motifs is 1. The lowest BCUT2D eigenvalue weighted by atomic mass is 10.1. The largest absolute Gasteiger partial charge is 0.493 e. The van der Waals surface area contributed by atoms with Crippen molar-refractivity contribution in [2.75, 3.05) is 19.7 Å². The lowest BCUT2D eigenvalue weighted by molar-refractivity contribution is 0.0939. The van der Waals surface area contributed by atoms with Gasteiger partial charge in [-0.05, 0) is 61.6 Å². The van der Waals surface area contributed by atoms with Crippen molar-refractivity contribution < 1.29 is 9.53 Å². The van der Waals surface area contributed by atoms with Gasteiger partial charge in [-0.15, -0.1) is 0 Å². The molecule has 0 saturated carbocycles. The first-order valence-corrected chi connectivity index (χ1v) is 11.3. The van der Waals surface area contributed by atoms with Crippen LogP contribution in [-0.2, 0) is 19.4 Å². The fourth-order valence-electron chi connectivity index (χ4n) is 3.45. The minimum atomic E-state index is -0.0371. The number of amides is 1. The molecule has 6 heteroatoms. The van der Waals surface area contributed by atoms with Crippen LogP contribution in [0.25, 0.3) is 0 Å². The van der Waals surface area contributed by atoms with E-state index < -0.39 is 0 Å². The van der Waals surface area contributed by atoms with E-state index in [2.05, 4.69) is 48.0 Å². The van der Waals surface area contributed by atoms with Gasteiger partial charge in [0.1, 0.15) is 5.75 Å². The van der Waals surface area contributed by atoms with Gasteiger partial charge in [0, 0.05) is 31.1 Å². The standard InChI is InChI=1S/C25H34N4O2/c1-4-18(3)29-24(30)22-8-6-7-20(16-22)17-28-25(26-5-2)27-13-11-19-9-10-23-21(15-19)12-14-31-23/h6-10,15-16,18H,4-5,11-14,17H2,1-3H3,(H,29,30)(H2,26,27,28). The highest BCUT2D eigenvalue weighted by Crippen LogP contribution is 2.25. The zero-order valence-electron chi connectivity index (χ0n) is 18.8. The third-order valence-electron chi connectivity index (χ3n) is 5.40. The minimum absolute atomic E-state index is 0.0371. The molecule has 3 rings (SSSR count). The van der Waals surface area contributed by atoms with Gasteiger partial charge in [0.2, 0.25) is 0 Å². The van der Waals surface area contributed by atoms with Crippen molar-refractivity contribution in [1.29, 1.82) is 0 Å². The molecular weight excluding hydrogens is 388 g/mol. The molecule has 0 bridgehead atoms. The summed E-state index contributed by atoms with van der Waals surface area (Å²) in [4.78, 5) is 17.1. The van der Waals surface area contributed by atoms with E-state index in [1.54, 1.807) is 0 Å². The van der Waals surface area contributed by atoms with Gasteiger partial charge in [-0.1, -0.05) is 31.2 Å². The Morgan fingerprint density at radius 3 is 2.81 bits per heavy atom. The maximum Gasteiger partial charge on any atom is 0.251 e. The Balaban J connectivity index is 1.55. The molecule has 2 aromatic carbocycles. The molecule has 2 aromatic rings. The molecule has 1 heterocycles. The van der Waals surface area contributed by atoms with Crippen LogP contribution in [0.5, 0.6) is 5.75 Å². The summed E-state index contributed by atoms with van der Waals surface area (Å²) in [6.07, 6.45) is 2.82. The number of benzene rings is 2. The number of rotatable bonds is 9. The number of nitrogens with zero attached hydrogens (tertiary/aromatic N) is 1. The molecule has 1 amide bonds. The molecule has 31 heavy (non-hydrogen) atoms. The van der Waals surface area contributed by atoms with E-state index in [0.29, 0.717) is 12.1 Å². The summed E-state index contributed by atoms with van der Waals surface area (Å²) in [5.41, 5.74) is 4.28. The van der Waals surface area contributed by atoms with Crippen molar-refractivity contribution in [3.8, 4) is 5.75 Å². The lowest BCUT2D eigenvalue weighted by Gasteiger charge is -2.13. The molecule has 0 radical (unpaired) electrons. The van der Waals surface area contributed by atoms with E-state index >= 15 is 0 Å². The topological polar surface area (TPSA) is 74.8 Å². The van der Waals surface area contributed by atoms with Gasteiger partial charge in [0.15, 0.2) is 5.96 Å². The van der Waals surface area contributed by atoms with Crippen molar-refractivity contribution in [2.24, 2.45) is 4.99 Å². The summed E-state index contributed by atoms with van der Waals surface area (Å²) in [7, 11) is 0. The van der Waals surface area contributed by atoms with Crippen LogP contribution < -0.4 is 20.7 Å². The number of carbonyl (C=O) groups is 1. The number of ether oxygens (including phenoxy) is 1. The van der Waals surface area contributed by atoms with Crippen LogP contribution in [-0.4, -0.2) is 37.6 Å². The highest BCUT2D eigenvalue weighted by molar-refractivity contribution is 5.94. The highest BCUT2D eigenvalue weighted by Gasteiger charge is 2.12. The van der Waals surface area contributed by atoms with Crippen LogP contribution in [0.4, 0.5) is 0 Å². The summed E-state index contributed by atoms with van der Waals surface area (Å²) in [5, 5.41) is 9.71. The third-order valence-corrected chi connectivity index (χ3v) is 5.40. The SMILES string of the molecule is CCNC(=NCc1cccc(C(=O)NC(C)CC)c1)NCCc1ccc2c(c1)CCO2. The second-order valence-electron chi connectivity index (χ2n) is 7.90. The number of guanidine groups is 1. The third kappa shape index (κ3) is 6.74. The number of hydrogen-bond acceptors (Lipinski definition) is 3. The van der Waals surface area contributed by atoms with Crippen molar-refractivity contribution in [3.05, 3.63) is 64.7 Å². The van der Waals surface area contributed by atoms with E-state index in [9.17, 15) is 4.79 Å². The van der Waals surface area contributed by atoms with E-state index in [4.69, 9.17) is 9.73 Å². The molecule has 0 aliphatic carbocycles. The molecule has 0 aromatic heterocycles. The van der Waals surface area contributed by atoms with Gasteiger partial charge >= 0.3 is 0 Å². The molecule has 0 fully saturated rings. The molecule has 0 spiro atoms. The Labute approximate surface area is 185 Å². The first kappa shape index (κ1) is 22.7. The molecule has 3 N–H and O–H groups in total. The fourth-order valence-corrected chi connectivity index (χ4v) is 3.45. The monoisotopic (exact) mass is 422 g/mol. The highest BCUT2D eigenvalue weighted by atomic mass is 16.5. The van der Waals surface area contributed by atoms with Crippen molar-refractivity contribution in [3.63, 3.8) is 0 Å². The average Bonchev–Trinajstić information content (AvgIpc) is 3.25. The quantitative estimate of drug-likeness (QED) is 0.427. The molecule has 166 valence electrons. The molecular formula is C25H34N4O2. The Kier molecular flexibility index (Phi) is 8.33. The maximum atomic E-state index is 12.4. The number of aliphatic imine (C=N–C) groups is 1. The van der Waals surface area contributed by atoms with Gasteiger partial charge in [-0.25, -0.2) is 4.99 Å². The van der Waals surface area contributed by atoms with Gasteiger partial charge in [0.05, 0.1) is 13.2 Å². The van der Waals surface area contributed by atoms with Crippen molar-refractivity contribution >= 4 is 11.9 Å². The van der Waals surface area contributed by atoms with Crippen LogP contribution in [0.15, 0.2) is 47.5 Å². The Bertz CT molecular complexity index is 910. The fraction of sp³-hybridized carbons (Fsp3) is 0.440. The van der Waals surface area contributed by atoms with Crippen LogP contribution in [0.2, 0.25) is 0 Å². The van der Waals surface area contributed by atoms with Gasteiger partial charge in [-0.2, -0.15) is 0 Å². The first-order valence-electron chi connectivity index (χ1n) is 11.3. The van der Waals surface area contributed by atoms with Gasteiger partial charge in [0.25, 0.3) is 5.91 Å². The van der Waals surface area contributed by atoms with E-state index in [1.165, 1.54) is 11.1 Å². The summed E-state index contributed by atoms with van der Waals surface area (Å²) < 4.78 is 5.58. The predicted molar refractivity (Wildman–Crippen MR) is 126 cm³/mol. The van der Waals surface area contributed by atoms with Gasteiger partial charge in [-0.3, -0.25) is 4.79 Å². The normalized spacial score (nSPS) is 13.8. The summed E-state index contributed by atoms with van der Waals surface area (Å²) in [6, 6.07) is 14.3. The average molecular weight is 423 g/mol. The molecule has 1 unspecified atom stereocenters. The van der Waals surface area contributed by atoms with Crippen LogP contribution >= 0.6 is 0 Å². The summed E-state index contributed by atoms with van der Waals surface area (Å²) in [5.74, 6) is 1.76. The molecule has 1 atom stereocenters. The zero-order valence-corrected chi connectivity index (χ0v) is 18.8. The van der Waals surface area contributed by atoms with E-state index in [0.717, 1.165) is 56.2 Å². The zero-order chi connectivity index (χ0) is 22.1.